The van der Waals surface area contributed by atoms with Crippen LogP contribution in [0.4, 0.5) is 13.2 Å². The Morgan fingerprint density at radius 2 is 1.81 bits per heavy atom. The summed E-state index contributed by atoms with van der Waals surface area (Å²) < 4.78 is 38.9. The zero-order chi connectivity index (χ0) is 22.3. The molecular formula is C21H19F3N6O. The Morgan fingerprint density at radius 3 is 2.45 bits per heavy atom. The molecule has 0 aliphatic rings. The van der Waals surface area contributed by atoms with E-state index in [1.54, 1.807) is 12.1 Å². The number of carbonyl (C=O) groups is 1. The maximum atomic E-state index is 13.0. The molecule has 0 saturated heterocycles. The first-order valence-electron chi connectivity index (χ1n) is 9.51. The van der Waals surface area contributed by atoms with E-state index >= 15 is 0 Å². The summed E-state index contributed by atoms with van der Waals surface area (Å²) in [5.74, 6) is -0.184. The van der Waals surface area contributed by atoms with Gasteiger partial charge in [-0.05, 0) is 29.3 Å². The van der Waals surface area contributed by atoms with Crippen molar-refractivity contribution in [1.82, 2.24) is 25.1 Å². The highest BCUT2D eigenvalue weighted by Crippen LogP contribution is 2.20. The molecule has 2 aromatic carbocycles. The number of aryl methyl sites for hydroxylation is 1. The first kappa shape index (κ1) is 22.0. The molecule has 3 rings (SSSR count). The Morgan fingerprint density at radius 1 is 1.10 bits per heavy atom. The molecule has 0 bridgehead atoms. The number of tetrazole rings is 1. The van der Waals surface area contributed by atoms with Gasteiger partial charge < -0.3 is 4.90 Å². The number of nitrogens with zero attached hydrogens (tertiary/aromatic N) is 6. The van der Waals surface area contributed by atoms with Crippen molar-refractivity contribution in [2.45, 2.75) is 32.1 Å². The smallest absolute Gasteiger partial charge is 0.329 e. The highest BCUT2D eigenvalue weighted by Gasteiger charge is 2.32. The molecule has 7 nitrogen and oxygen atoms in total. The summed E-state index contributed by atoms with van der Waals surface area (Å²) in [5, 5.41) is 20.9. The van der Waals surface area contributed by atoms with Crippen molar-refractivity contribution in [2.75, 3.05) is 6.54 Å². The zero-order valence-electron chi connectivity index (χ0n) is 16.5. The number of amides is 1. The standard InChI is InChI=1S/C21H19F3N6O/c22-21(23,24)15-29(14-17-10-8-16(13-25)9-11-17)19(31)7-4-12-30-27-20(26-28-30)18-5-2-1-3-6-18/h1-3,5-6,8-11H,4,7,12,14-15H2. The largest absolute Gasteiger partial charge is 0.406 e. The van der Waals surface area contributed by atoms with E-state index in [-0.39, 0.29) is 25.9 Å². The predicted molar refractivity (Wildman–Crippen MR) is 105 cm³/mol. The van der Waals surface area contributed by atoms with Crippen LogP contribution in [0, 0.1) is 11.3 Å². The van der Waals surface area contributed by atoms with Gasteiger partial charge in [-0.1, -0.05) is 42.5 Å². The van der Waals surface area contributed by atoms with Crippen LogP contribution in [0.15, 0.2) is 54.6 Å². The average Bonchev–Trinajstić information content (AvgIpc) is 3.22. The molecule has 10 heteroatoms. The fraction of sp³-hybridized carbons (Fsp3) is 0.286. The summed E-state index contributed by atoms with van der Waals surface area (Å²) in [7, 11) is 0. The lowest BCUT2D eigenvalue weighted by atomic mass is 10.1. The molecule has 1 amide bonds. The highest BCUT2D eigenvalue weighted by molar-refractivity contribution is 5.76. The topological polar surface area (TPSA) is 87.7 Å². The molecule has 0 unspecified atom stereocenters. The van der Waals surface area contributed by atoms with Gasteiger partial charge in [-0.25, -0.2) is 0 Å². The molecule has 3 aromatic rings. The van der Waals surface area contributed by atoms with Gasteiger partial charge in [0.25, 0.3) is 0 Å². The number of hydrogen-bond acceptors (Lipinski definition) is 5. The van der Waals surface area contributed by atoms with Crippen molar-refractivity contribution in [3.8, 4) is 17.5 Å². The molecule has 0 atom stereocenters. The maximum Gasteiger partial charge on any atom is 0.406 e. The fourth-order valence-corrected chi connectivity index (χ4v) is 2.92. The third kappa shape index (κ3) is 6.64. The van der Waals surface area contributed by atoms with Crippen LogP contribution >= 0.6 is 0 Å². The van der Waals surface area contributed by atoms with Crippen LogP contribution in [0.2, 0.25) is 0 Å². The first-order valence-corrected chi connectivity index (χ1v) is 9.51. The number of alkyl halides is 3. The van der Waals surface area contributed by atoms with Gasteiger partial charge in [0.2, 0.25) is 11.7 Å². The van der Waals surface area contributed by atoms with Crippen LogP contribution in [0.3, 0.4) is 0 Å². The second-order valence-corrected chi connectivity index (χ2v) is 6.85. The lowest BCUT2D eigenvalue weighted by molar-refractivity contribution is -0.162. The summed E-state index contributed by atoms with van der Waals surface area (Å²) in [6.07, 6.45) is -4.33. The Hall–Kier alpha value is -3.74. The van der Waals surface area contributed by atoms with Crippen molar-refractivity contribution in [3.63, 3.8) is 0 Å². The Bertz CT molecular complexity index is 1040. The molecule has 0 aliphatic heterocycles. The van der Waals surface area contributed by atoms with Crippen LogP contribution in [-0.4, -0.2) is 43.7 Å². The zero-order valence-corrected chi connectivity index (χ0v) is 16.5. The quantitative estimate of drug-likeness (QED) is 0.547. The minimum absolute atomic E-state index is 0.0887. The van der Waals surface area contributed by atoms with E-state index in [9.17, 15) is 18.0 Å². The van der Waals surface area contributed by atoms with Gasteiger partial charge in [-0.2, -0.15) is 23.2 Å². The fourth-order valence-electron chi connectivity index (χ4n) is 2.92. The number of aromatic nitrogens is 4. The molecular weight excluding hydrogens is 409 g/mol. The van der Waals surface area contributed by atoms with Crippen molar-refractivity contribution in [1.29, 1.82) is 5.26 Å². The number of carbonyl (C=O) groups excluding carboxylic acids is 1. The van der Waals surface area contributed by atoms with Crippen LogP contribution in [0.1, 0.15) is 24.0 Å². The molecule has 0 saturated carbocycles. The maximum absolute atomic E-state index is 13.0. The normalized spacial score (nSPS) is 11.2. The van der Waals surface area contributed by atoms with Crippen LogP contribution < -0.4 is 0 Å². The van der Waals surface area contributed by atoms with Gasteiger partial charge in [0.1, 0.15) is 6.54 Å². The third-order valence-corrected chi connectivity index (χ3v) is 4.41. The van der Waals surface area contributed by atoms with E-state index in [4.69, 9.17) is 5.26 Å². The van der Waals surface area contributed by atoms with E-state index in [1.807, 2.05) is 36.4 Å². The molecule has 0 aliphatic carbocycles. The van der Waals surface area contributed by atoms with E-state index in [2.05, 4.69) is 15.4 Å². The van der Waals surface area contributed by atoms with Crippen LogP contribution in [0.5, 0.6) is 0 Å². The summed E-state index contributed by atoms with van der Waals surface area (Å²) in [5.41, 5.74) is 1.71. The van der Waals surface area contributed by atoms with Gasteiger partial charge in [0.15, 0.2) is 0 Å². The lowest BCUT2D eigenvalue weighted by Crippen LogP contribution is -2.38. The Labute approximate surface area is 176 Å². The monoisotopic (exact) mass is 428 g/mol. The molecule has 160 valence electrons. The molecule has 0 fully saturated rings. The van der Waals surface area contributed by atoms with Crippen molar-refractivity contribution >= 4 is 5.91 Å². The number of hydrogen-bond donors (Lipinski definition) is 0. The first-order chi connectivity index (χ1) is 14.8. The van der Waals surface area contributed by atoms with Gasteiger partial charge in [-0.3, -0.25) is 4.79 Å². The van der Waals surface area contributed by atoms with Gasteiger partial charge in [0, 0.05) is 18.5 Å². The van der Waals surface area contributed by atoms with Gasteiger partial charge in [0.05, 0.1) is 18.2 Å². The molecule has 1 aromatic heterocycles. The van der Waals surface area contributed by atoms with Crippen LogP contribution in [0.25, 0.3) is 11.4 Å². The predicted octanol–water partition coefficient (Wildman–Crippen LogP) is 3.58. The SMILES string of the molecule is N#Cc1ccc(CN(CC(F)(F)F)C(=O)CCCn2nnc(-c3ccccc3)n2)cc1. The lowest BCUT2D eigenvalue weighted by Gasteiger charge is -2.24. The summed E-state index contributed by atoms with van der Waals surface area (Å²) >= 11 is 0. The molecule has 0 N–H and O–H groups in total. The Balaban J connectivity index is 1.58. The summed E-state index contributed by atoms with van der Waals surface area (Å²) in [6.45, 7) is -1.28. The second kappa shape index (κ2) is 9.84. The number of benzene rings is 2. The third-order valence-electron chi connectivity index (χ3n) is 4.41. The van der Waals surface area contributed by atoms with Crippen molar-refractivity contribution in [3.05, 3.63) is 65.7 Å². The molecule has 0 radical (unpaired) electrons. The van der Waals surface area contributed by atoms with E-state index in [0.717, 1.165) is 10.5 Å². The molecule has 1 heterocycles. The number of nitriles is 1. The van der Waals surface area contributed by atoms with E-state index in [0.29, 0.717) is 17.0 Å². The number of rotatable bonds is 8. The van der Waals surface area contributed by atoms with Crippen LogP contribution in [-0.2, 0) is 17.9 Å². The Kier molecular flexibility index (Phi) is 6.97. The minimum atomic E-state index is -4.51. The second-order valence-electron chi connectivity index (χ2n) is 6.85. The van der Waals surface area contributed by atoms with Crippen molar-refractivity contribution < 1.29 is 18.0 Å². The van der Waals surface area contributed by atoms with Crippen molar-refractivity contribution in [2.24, 2.45) is 0 Å². The van der Waals surface area contributed by atoms with E-state index < -0.39 is 18.6 Å². The molecule has 0 spiro atoms. The van der Waals surface area contributed by atoms with Gasteiger partial charge >= 0.3 is 6.18 Å². The van der Waals surface area contributed by atoms with E-state index in [1.165, 1.54) is 16.9 Å². The summed E-state index contributed by atoms with van der Waals surface area (Å²) in [4.78, 5) is 14.6. The highest BCUT2D eigenvalue weighted by atomic mass is 19.4. The number of halogens is 3. The average molecular weight is 428 g/mol. The minimum Gasteiger partial charge on any atom is -0.329 e. The molecule has 31 heavy (non-hydrogen) atoms. The summed E-state index contributed by atoms with van der Waals surface area (Å²) in [6, 6.07) is 17.3. The van der Waals surface area contributed by atoms with Gasteiger partial charge in [-0.15, -0.1) is 10.2 Å².